The minimum atomic E-state index is -0.340. The molecule has 1 heterocycles. The molecule has 25 heavy (non-hydrogen) atoms. The maximum absolute atomic E-state index is 6.26. The van der Waals surface area contributed by atoms with E-state index in [9.17, 15) is 0 Å². The highest BCUT2D eigenvalue weighted by molar-refractivity contribution is 6.13. The van der Waals surface area contributed by atoms with E-state index in [2.05, 4.69) is 54.0 Å². The van der Waals surface area contributed by atoms with Gasteiger partial charge in [0.2, 0.25) is 0 Å². The van der Waals surface area contributed by atoms with Crippen molar-refractivity contribution >= 4 is 11.4 Å². The molecular formula is C22H18N2O. The average Bonchev–Trinajstić information content (AvgIpc) is 3.30. The van der Waals surface area contributed by atoms with Crippen molar-refractivity contribution in [2.75, 3.05) is 5.43 Å². The number of ether oxygens (including phenoxy) is 1. The highest BCUT2D eigenvalue weighted by Crippen LogP contribution is 2.57. The van der Waals surface area contributed by atoms with Crippen LogP contribution in [0.3, 0.4) is 0 Å². The molecule has 0 aromatic heterocycles. The van der Waals surface area contributed by atoms with Gasteiger partial charge in [0.1, 0.15) is 17.4 Å². The summed E-state index contributed by atoms with van der Waals surface area (Å²) in [5.74, 6) is 0. The standard InChI is InChI=1S/C22H18N2O/c1-3-9-16(10-4-1)21-22(25-21)15-17-11-7-8-14-19(17)20(22)24-23-18-12-5-2-6-13-18/h1-14,21,23H,15H2. The third-order valence-electron chi connectivity index (χ3n) is 4.99. The summed E-state index contributed by atoms with van der Waals surface area (Å²) in [4.78, 5) is 0. The first-order valence-electron chi connectivity index (χ1n) is 8.57. The van der Waals surface area contributed by atoms with Crippen molar-refractivity contribution in [2.24, 2.45) is 5.10 Å². The Kier molecular flexibility index (Phi) is 3.22. The lowest BCUT2D eigenvalue weighted by molar-refractivity contribution is 0.346. The highest BCUT2D eigenvalue weighted by atomic mass is 16.6. The predicted molar refractivity (Wildman–Crippen MR) is 99.7 cm³/mol. The van der Waals surface area contributed by atoms with Crippen molar-refractivity contribution in [1.82, 2.24) is 0 Å². The molecule has 1 fully saturated rings. The summed E-state index contributed by atoms with van der Waals surface area (Å²) in [7, 11) is 0. The van der Waals surface area contributed by atoms with E-state index < -0.39 is 0 Å². The Balaban J connectivity index is 1.53. The van der Waals surface area contributed by atoms with Gasteiger partial charge in [-0.2, -0.15) is 5.10 Å². The van der Waals surface area contributed by atoms with Gasteiger partial charge in [0.15, 0.2) is 0 Å². The normalized spacial score (nSPS) is 25.1. The fraction of sp³-hybridized carbons (Fsp3) is 0.136. The Hall–Kier alpha value is -2.91. The maximum Gasteiger partial charge on any atom is 0.147 e. The van der Waals surface area contributed by atoms with E-state index >= 15 is 0 Å². The van der Waals surface area contributed by atoms with Crippen LogP contribution in [0, 0.1) is 0 Å². The number of nitrogens with zero attached hydrogens (tertiary/aromatic N) is 1. The first kappa shape index (κ1) is 14.4. The average molecular weight is 326 g/mol. The van der Waals surface area contributed by atoms with Crippen LogP contribution < -0.4 is 5.43 Å². The minimum Gasteiger partial charge on any atom is -0.354 e. The second-order valence-electron chi connectivity index (χ2n) is 6.57. The van der Waals surface area contributed by atoms with Crippen LogP contribution in [0.5, 0.6) is 0 Å². The summed E-state index contributed by atoms with van der Waals surface area (Å²) in [5, 5.41) is 4.77. The van der Waals surface area contributed by atoms with Crippen LogP contribution >= 0.6 is 0 Å². The van der Waals surface area contributed by atoms with E-state index in [4.69, 9.17) is 9.84 Å². The molecule has 1 saturated heterocycles. The number of epoxide rings is 1. The van der Waals surface area contributed by atoms with Gasteiger partial charge in [-0.1, -0.05) is 72.8 Å². The topological polar surface area (TPSA) is 36.9 Å². The summed E-state index contributed by atoms with van der Waals surface area (Å²) in [6.07, 6.45) is 0.940. The molecule has 3 aromatic rings. The smallest absolute Gasteiger partial charge is 0.147 e. The number of hydrazone groups is 1. The van der Waals surface area contributed by atoms with Crippen molar-refractivity contribution < 1.29 is 4.74 Å². The van der Waals surface area contributed by atoms with E-state index in [1.54, 1.807) is 0 Å². The molecule has 0 radical (unpaired) electrons. The molecule has 1 aliphatic carbocycles. The lowest BCUT2D eigenvalue weighted by atomic mass is 9.95. The molecule has 1 spiro atoms. The third kappa shape index (κ3) is 2.36. The minimum absolute atomic E-state index is 0.0671. The molecule has 3 heteroatoms. The number of para-hydroxylation sites is 1. The molecule has 122 valence electrons. The van der Waals surface area contributed by atoms with Crippen LogP contribution in [0.25, 0.3) is 0 Å². The van der Waals surface area contributed by atoms with E-state index in [0.29, 0.717) is 0 Å². The first-order valence-corrected chi connectivity index (χ1v) is 8.57. The van der Waals surface area contributed by atoms with Gasteiger partial charge in [-0.25, -0.2) is 0 Å². The van der Waals surface area contributed by atoms with E-state index in [1.807, 2.05) is 36.4 Å². The number of fused-ring (bicyclic) bond motifs is 1. The molecule has 0 amide bonds. The molecule has 0 saturated carbocycles. The monoisotopic (exact) mass is 326 g/mol. The molecule has 3 nitrogen and oxygen atoms in total. The van der Waals surface area contributed by atoms with Gasteiger partial charge in [0.05, 0.1) is 5.69 Å². The van der Waals surface area contributed by atoms with Gasteiger partial charge in [0.25, 0.3) is 0 Å². The largest absolute Gasteiger partial charge is 0.354 e. The summed E-state index contributed by atoms with van der Waals surface area (Å²) in [6.45, 7) is 0. The summed E-state index contributed by atoms with van der Waals surface area (Å²) in [6, 6.07) is 28.9. The molecule has 2 aliphatic rings. The maximum atomic E-state index is 6.26. The summed E-state index contributed by atoms with van der Waals surface area (Å²) < 4.78 is 6.26. The van der Waals surface area contributed by atoms with Gasteiger partial charge >= 0.3 is 0 Å². The van der Waals surface area contributed by atoms with Crippen molar-refractivity contribution in [1.29, 1.82) is 0 Å². The van der Waals surface area contributed by atoms with Gasteiger partial charge in [0, 0.05) is 12.0 Å². The van der Waals surface area contributed by atoms with Crippen molar-refractivity contribution in [2.45, 2.75) is 18.1 Å². The van der Waals surface area contributed by atoms with Crippen molar-refractivity contribution in [3.05, 3.63) is 102 Å². The fourth-order valence-corrected chi connectivity index (χ4v) is 3.74. The number of hydrogen-bond acceptors (Lipinski definition) is 3. The van der Waals surface area contributed by atoms with Crippen molar-refractivity contribution in [3.8, 4) is 0 Å². The van der Waals surface area contributed by atoms with Gasteiger partial charge in [-0.15, -0.1) is 0 Å². The Morgan fingerprint density at radius 1 is 0.840 bits per heavy atom. The van der Waals surface area contributed by atoms with E-state index in [1.165, 1.54) is 16.7 Å². The number of benzene rings is 3. The van der Waals surface area contributed by atoms with E-state index in [-0.39, 0.29) is 11.7 Å². The highest BCUT2D eigenvalue weighted by Gasteiger charge is 2.64. The molecule has 1 aliphatic heterocycles. The number of anilines is 1. The zero-order valence-corrected chi connectivity index (χ0v) is 13.7. The molecular weight excluding hydrogens is 308 g/mol. The lowest BCUT2D eigenvalue weighted by Gasteiger charge is -2.08. The third-order valence-corrected chi connectivity index (χ3v) is 4.99. The molecule has 5 rings (SSSR count). The van der Waals surface area contributed by atoms with Crippen LogP contribution in [-0.4, -0.2) is 11.3 Å². The molecule has 2 atom stereocenters. The Bertz CT molecular complexity index is 937. The molecule has 3 aromatic carbocycles. The first-order chi connectivity index (χ1) is 12.4. The molecule has 2 unspecified atom stereocenters. The Morgan fingerprint density at radius 3 is 2.32 bits per heavy atom. The number of hydrogen-bond donors (Lipinski definition) is 1. The Morgan fingerprint density at radius 2 is 1.52 bits per heavy atom. The second kappa shape index (κ2) is 5.57. The predicted octanol–water partition coefficient (Wildman–Crippen LogP) is 4.57. The van der Waals surface area contributed by atoms with E-state index in [0.717, 1.165) is 17.8 Å². The summed E-state index contributed by atoms with van der Waals surface area (Å²) in [5.41, 5.74) is 8.54. The molecule has 1 N–H and O–H groups in total. The summed E-state index contributed by atoms with van der Waals surface area (Å²) >= 11 is 0. The van der Waals surface area contributed by atoms with Gasteiger partial charge < -0.3 is 4.74 Å². The zero-order valence-electron chi connectivity index (χ0n) is 13.7. The van der Waals surface area contributed by atoms with Crippen molar-refractivity contribution in [3.63, 3.8) is 0 Å². The zero-order chi connectivity index (χ0) is 16.7. The number of rotatable bonds is 3. The van der Waals surface area contributed by atoms with Gasteiger partial charge in [-0.05, 0) is 23.3 Å². The molecule has 0 bridgehead atoms. The Labute approximate surface area is 147 Å². The van der Waals surface area contributed by atoms with Gasteiger partial charge in [-0.3, -0.25) is 5.43 Å². The second-order valence-corrected chi connectivity index (χ2v) is 6.57. The lowest BCUT2D eigenvalue weighted by Crippen LogP contribution is -2.23. The van der Waals surface area contributed by atoms with Crippen LogP contribution in [0.4, 0.5) is 5.69 Å². The van der Waals surface area contributed by atoms with Crippen LogP contribution in [-0.2, 0) is 11.2 Å². The van der Waals surface area contributed by atoms with Crippen LogP contribution in [0.1, 0.15) is 22.8 Å². The van der Waals surface area contributed by atoms with Crippen LogP contribution in [0.2, 0.25) is 0 Å². The SMILES string of the molecule is c1ccc(NN=C2c3ccccc3CC23OC3c2ccccc2)cc1. The fourth-order valence-electron chi connectivity index (χ4n) is 3.74. The quantitative estimate of drug-likeness (QED) is 0.565. The number of nitrogens with one attached hydrogen (secondary N) is 1. The van der Waals surface area contributed by atoms with Crippen LogP contribution in [0.15, 0.2) is 90.0 Å².